The molecule has 1 unspecified atom stereocenters. The fraction of sp³-hybridized carbons (Fsp3) is 0.522. The number of quaternary nitrogens is 1. The molecule has 0 N–H and O–H groups in total. The van der Waals surface area contributed by atoms with Crippen LogP contribution in [-0.4, -0.2) is 31.4 Å². The molecule has 1 aromatic carbocycles. The molecule has 1 aromatic heterocycles. The highest BCUT2D eigenvalue weighted by molar-refractivity contribution is 5.77. The van der Waals surface area contributed by atoms with Crippen molar-refractivity contribution in [3.63, 3.8) is 0 Å². The van der Waals surface area contributed by atoms with Crippen molar-refractivity contribution < 1.29 is 13.8 Å². The van der Waals surface area contributed by atoms with Crippen LogP contribution in [-0.2, 0) is 0 Å². The van der Waals surface area contributed by atoms with Gasteiger partial charge in [-0.15, -0.1) is 0 Å². The number of likely N-dealkylation sites (N-methyl/N-ethyl adjacent to an activating group) is 1. The standard InChI is InChI=1S/C23H33NO4/c1-3-16-24(2,26)17-10-8-6-4-5-7-9-11-18-27-21-14-12-20-13-15-23(25)28-22(20)19-21/h3,12-15,19H,1,4-11,16-18H2,2H3. The lowest BCUT2D eigenvalue weighted by Gasteiger charge is -2.37. The summed E-state index contributed by atoms with van der Waals surface area (Å²) in [6.07, 6.45) is 10.9. The lowest BCUT2D eigenvalue weighted by atomic mass is 10.1. The molecule has 5 heteroatoms. The van der Waals surface area contributed by atoms with E-state index in [0.717, 1.165) is 36.8 Å². The number of unbranched alkanes of at least 4 members (excludes halogenated alkanes) is 7. The van der Waals surface area contributed by atoms with E-state index in [0.29, 0.717) is 25.3 Å². The molecule has 1 heterocycles. The maximum atomic E-state index is 12.0. The molecule has 0 aliphatic heterocycles. The minimum atomic E-state index is -0.345. The molecule has 0 spiro atoms. The maximum absolute atomic E-state index is 12.0. The highest BCUT2D eigenvalue weighted by atomic mass is 16.5. The Hall–Kier alpha value is -2.11. The van der Waals surface area contributed by atoms with Gasteiger partial charge in [0.1, 0.15) is 11.3 Å². The van der Waals surface area contributed by atoms with Crippen LogP contribution in [0.2, 0.25) is 0 Å². The summed E-state index contributed by atoms with van der Waals surface area (Å²) in [5, 5.41) is 12.9. The minimum Gasteiger partial charge on any atom is -0.633 e. The van der Waals surface area contributed by atoms with Crippen LogP contribution in [0.15, 0.2) is 52.2 Å². The second kappa shape index (κ2) is 11.7. The second-order valence-electron chi connectivity index (χ2n) is 7.62. The Morgan fingerprint density at radius 2 is 1.68 bits per heavy atom. The monoisotopic (exact) mass is 387 g/mol. The molecule has 0 amide bonds. The quantitative estimate of drug-likeness (QED) is 0.143. The predicted molar refractivity (Wildman–Crippen MR) is 114 cm³/mol. The fourth-order valence-corrected chi connectivity index (χ4v) is 3.29. The van der Waals surface area contributed by atoms with Crippen molar-refractivity contribution in [3.05, 3.63) is 58.6 Å². The van der Waals surface area contributed by atoms with Crippen LogP contribution in [0.3, 0.4) is 0 Å². The molecule has 154 valence electrons. The van der Waals surface area contributed by atoms with E-state index in [1.807, 2.05) is 12.1 Å². The van der Waals surface area contributed by atoms with Gasteiger partial charge in [-0.05, 0) is 43.5 Å². The molecular weight excluding hydrogens is 354 g/mol. The van der Waals surface area contributed by atoms with Gasteiger partial charge >= 0.3 is 5.63 Å². The molecule has 0 aliphatic rings. The van der Waals surface area contributed by atoms with Gasteiger partial charge in [0.2, 0.25) is 0 Å². The third-order valence-electron chi connectivity index (χ3n) is 4.90. The number of ether oxygens (including phenoxy) is 1. The number of hydrogen-bond acceptors (Lipinski definition) is 4. The zero-order valence-corrected chi connectivity index (χ0v) is 17.0. The summed E-state index contributed by atoms with van der Waals surface area (Å²) in [6, 6.07) is 8.76. The summed E-state index contributed by atoms with van der Waals surface area (Å²) in [6.45, 7) is 5.49. The Morgan fingerprint density at radius 1 is 1.04 bits per heavy atom. The van der Waals surface area contributed by atoms with Gasteiger partial charge < -0.3 is 19.0 Å². The molecule has 28 heavy (non-hydrogen) atoms. The molecule has 1 atom stereocenters. The molecule has 2 aromatic rings. The van der Waals surface area contributed by atoms with Crippen molar-refractivity contribution in [2.24, 2.45) is 0 Å². The van der Waals surface area contributed by atoms with E-state index < -0.39 is 0 Å². The number of fused-ring (bicyclic) bond motifs is 1. The lowest BCUT2D eigenvalue weighted by molar-refractivity contribution is -0.854. The molecule has 0 fully saturated rings. The van der Waals surface area contributed by atoms with Gasteiger partial charge in [-0.1, -0.05) is 38.7 Å². The topological polar surface area (TPSA) is 62.5 Å². The van der Waals surface area contributed by atoms with E-state index in [1.165, 1.54) is 31.7 Å². The normalized spacial score (nSPS) is 13.4. The third-order valence-corrected chi connectivity index (χ3v) is 4.90. The first-order chi connectivity index (χ1) is 13.5. The largest absolute Gasteiger partial charge is 0.633 e. The first kappa shape index (κ1) is 22.2. The predicted octanol–water partition coefficient (Wildman–Crippen LogP) is 5.42. The van der Waals surface area contributed by atoms with E-state index in [9.17, 15) is 10.0 Å². The number of hydrogen-bond donors (Lipinski definition) is 0. The Kier molecular flexibility index (Phi) is 9.24. The van der Waals surface area contributed by atoms with Crippen molar-refractivity contribution >= 4 is 11.0 Å². The molecule has 2 rings (SSSR count). The van der Waals surface area contributed by atoms with Crippen LogP contribution >= 0.6 is 0 Å². The van der Waals surface area contributed by atoms with Crippen molar-refractivity contribution in [2.45, 2.75) is 51.4 Å². The zero-order chi connectivity index (χ0) is 20.2. The van der Waals surface area contributed by atoms with E-state index in [1.54, 1.807) is 25.3 Å². The van der Waals surface area contributed by atoms with Crippen LogP contribution in [0.4, 0.5) is 0 Å². The molecule has 0 aliphatic carbocycles. The first-order valence-corrected chi connectivity index (χ1v) is 10.3. The van der Waals surface area contributed by atoms with E-state index in [2.05, 4.69) is 6.58 Å². The first-order valence-electron chi connectivity index (χ1n) is 10.3. The summed E-state index contributed by atoms with van der Waals surface area (Å²) < 4.78 is 10.7. The van der Waals surface area contributed by atoms with Crippen LogP contribution in [0.5, 0.6) is 5.75 Å². The minimum absolute atomic E-state index is 0.202. The Balaban J connectivity index is 1.49. The number of benzene rings is 1. The summed E-state index contributed by atoms with van der Waals surface area (Å²) in [5.74, 6) is 0.738. The number of hydroxylamine groups is 3. The van der Waals surface area contributed by atoms with Crippen LogP contribution in [0.25, 0.3) is 11.0 Å². The molecule has 0 bridgehead atoms. The number of nitrogens with zero attached hydrogens (tertiary/aromatic N) is 1. The van der Waals surface area contributed by atoms with Crippen LogP contribution in [0, 0.1) is 5.21 Å². The van der Waals surface area contributed by atoms with Gasteiger partial charge in [0.15, 0.2) is 0 Å². The molecular formula is C23H33NO4. The summed E-state index contributed by atoms with van der Waals surface area (Å²) in [5.41, 5.74) is 0.216. The van der Waals surface area contributed by atoms with Gasteiger partial charge in [0, 0.05) is 17.5 Å². The average molecular weight is 388 g/mol. The Bertz CT molecular complexity index is 782. The highest BCUT2D eigenvalue weighted by Crippen LogP contribution is 2.20. The summed E-state index contributed by atoms with van der Waals surface area (Å²) >= 11 is 0. The fourth-order valence-electron chi connectivity index (χ4n) is 3.29. The van der Waals surface area contributed by atoms with Gasteiger partial charge in [-0.2, -0.15) is 0 Å². The van der Waals surface area contributed by atoms with Crippen molar-refractivity contribution in [1.29, 1.82) is 0 Å². The van der Waals surface area contributed by atoms with Gasteiger partial charge in [-0.3, -0.25) is 0 Å². The summed E-state index contributed by atoms with van der Waals surface area (Å²) in [7, 11) is 1.72. The lowest BCUT2D eigenvalue weighted by Crippen LogP contribution is -2.38. The maximum Gasteiger partial charge on any atom is 0.336 e. The average Bonchev–Trinajstić information content (AvgIpc) is 2.65. The van der Waals surface area contributed by atoms with E-state index in [4.69, 9.17) is 9.15 Å². The van der Waals surface area contributed by atoms with Crippen molar-refractivity contribution in [3.8, 4) is 5.75 Å². The Labute approximate surface area is 167 Å². The molecule has 0 saturated heterocycles. The highest BCUT2D eigenvalue weighted by Gasteiger charge is 2.06. The molecule has 5 nitrogen and oxygen atoms in total. The Morgan fingerprint density at radius 3 is 2.39 bits per heavy atom. The third kappa shape index (κ3) is 8.28. The van der Waals surface area contributed by atoms with Gasteiger partial charge in [0.25, 0.3) is 0 Å². The van der Waals surface area contributed by atoms with Crippen LogP contribution < -0.4 is 10.4 Å². The molecule has 0 radical (unpaired) electrons. The molecule has 0 saturated carbocycles. The van der Waals surface area contributed by atoms with E-state index in [-0.39, 0.29) is 10.3 Å². The second-order valence-corrected chi connectivity index (χ2v) is 7.62. The van der Waals surface area contributed by atoms with Gasteiger partial charge in [0.05, 0.1) is 26.7 Å². The smallest absolute Gasteiger partial charge is 0.336 e. The summed E-state index contributed by atoms with van der Waals surface area (Å²) in [4.78, 5) is 11.3. The zero-order valence-electron chi connectivity index (χ0n) is 17.0. The van der Waals surface area contributed by atoms with Crippen LogP contribution in [0.1, 0.15) is 51.4 Å². The van der Waals surface area contributed by atoms with Crippen molar-refractivity contribution in [1.82, 2.24) is 0 Å². The van der Waals surface area contributed by atoms with Crippen molar-refractivity contribution in [2.75, 3.05) is 26.7 Å². The van der Waals surface area contributed by atoms with E-state index >= 15 is 0 Å². The SMILES string of the molecule is C=CC[N+](C)([O-])CCCCCCCCCCOc1ccc2ccc(=O)oc2c1. The number of rotatable bonds is 14. The van der Waals surface area contributed by atoms with Gasteiger partial charge in [-0.25, -0.2) is 4.79 Å².